The summed E-state index contributed by atoms with van der Waals surface area (Å²) in [6, 6.07) is 9.66. The van der Waals surface area contributed by atoms with Crippen molar-refractivity contribution >= 4 is 11.8 Å². The molecule has 0 aliphatic heterocycles. The Bertz CT molecular complexity index is 871. The highest BCUT2D eigenvalue weighted by atomic mass is 16.5. The van der Waals surface area contributed by atoms with Gasteiger partial charge in [0.2, 0.25) is 0 Å². The van der Waals surface area contributed by atoms with Crippen LogP contribution in [-0.2, 0) is 14.3 Å². The lowest BCUT2D eigenvalue weighted by Crippen LogP contribution is -2.33. The highest BCUT2D eigenvalue weighted by Crippen LogP contribution is 2.43. The molecule has 0 saturated carbocycles. The van der Waals surface area contributed by atoms with E-state index in [0.717, 1.165) is 16.7 Å². The van der Waals surface area contributed by atoms with Crippen LogP contribution in [0.15, 0.2) is 65.3 Å². The van der Waals surface area contributed by atoms with Crippen molar-refractivity contribution < 1.29 is 14.3 Å². The maximum absolute atomic E-state index is 12.7. The Balaban J connectivity index is 2.38. The van der Waals surface area contributed by atoms with Gasteiger partial charge in [0, 0.05) is 24.0 Å². The van der Waals surface area contributed by atoms with E-state index < -0.39 is 0 Å². The molecule has 3 heteroatoms. The van der Waals surface area contributed by atoms with Gasteiger partial charge in [-0.25, -0.2) is 4.79 Å². The zero-order valence-electron chi connectivity index (χ0n) is 16.6. The molecule has 3 nitrogen and oxygen atoms in total. The van der Waals surface area contributed by atoms with E-state index in [1.807, 2.05) is 50.3 Å². The minimum absolute atomic E-state index is 0.0660. The second kappa shape index (κ2) is 8.68. The number of carbonyl (C=O) groups excluding carboxylic acids is 2. The highest BCUT2D eigenvalue weighted by Gasteiger charge is 2.38. The van der Waals surface area contributed by atoms with E-state index in [1.54, 1.807) is 0 Å². The molecule has 1 unspecified atom stereocenters. The third kappa shape index (κ3) is 5.31. The first-order valence-corrected chi connectivity index (χ1v) is 9.00. The highest BCUT2D eigenvalue weighted by molar-refractivity contribution is 6.02. The molecule has 0 bridgehead atoms. The summed E-state index contributed by atoms with van der Waals surface area (Å²) in [5, 5.41) is 0. The number of carbonyl (C=O) groups is 2. The summed E-state index contributed by atoms with van der Waals surface area (Å²) in [4.78, 5) is 24.0. The molecule has 1 atom stereocenters. The fourth-order valence-electron chi connectivity index (χ4n) is 3.34. The molecule has 1 aromatic rings. The Labute approximate surface area is 161 Å². The Morgan fingerprint density at radius 3 is 2.52 bits per heavy atom. The molecule has 1 aromatic carbocycles. The van der Waals surface area contributed by atoms with Crippen molar-refractivity contribution in [1.29, 1.82) is 0 Å². The summed E-state index contributed by atoms with van der Waals surface area (Å²) in [7, 11) is 1.36. The van der Waals surface area contributed by atoms with Gasteiger partial charge in [0.15, 0.2) is 5.78 Å². The third-order valence-corrected chi connectivity index (χ3v) is 4.80. The van der Waals surface area contributed by atoms with Crippen LogP contribution in [0.1, 0.15) is 39.7 Å². The number of esters is 1. The van der Waals surface area contributed by atoms with Crippen molar-refractivity contribution in [2.45, 2.75) is 34.1 Å². The van der Waals surface area contributed by atoms with Gasteiger partial charge in [-0.2, -0.15) is 0 Å². The van der Waals surface area contributed by atoms with Crippen LogP contribution in [0, 0.1) is 23.2 Å². The lowest BCUT2D eigenvalue weighted by atomic mass is 9.66. The summed E-state index contributed by atoms with van der Waals surface area (Å²) in [6.45, 7) is 8.00. The van der Waals surface area contributed by atoms with Crippen molar-refractivity contribution in [3.8, 4) is 11.8 Å². The molecule has 0 heterocycles. The summed E-state index contributed by atoms with van der Waals surface area (Å²) in [5.74, 6) is 5.97. The fraction of sp³-hybridized carbons (Fsp3) is 0.333. The number of rotatable bonds is 3. The number of ether oxygens (including phenoxy) is 1. The molecule has 0 fully saturated rings. The lowest BCUT2D eigenvalue weighted by Gasteiger charge is -2.37. The smallest absolute Gasteiger partial charge is 0.330 e. The first kappa shape index (κ1) is 20.5. The topological polar surface area (TPSA) is 43.4 Å². The molecule has 27 heavy (non-hydrogen) atoms. The summed E-state index contributed by atoms with van der Waals surface area (Å²) in [6.07, 6.45) is 5.86. The van der Waals surface area contributed by atoms with Crippen molar-refractivity contribution in [3.63, 3.8) is 0 Å². The average molecular weight is 362 g/mol. The number of Topliss-reactive ketones (excluding diaryl/α,β-unsaturated/α-hetero) is 1. The van der Waals surface area contributed by atoms with Crippen LogP contribution in [0.2, 0.25) is 0 Å². The van der Waals surface area contributed by atoms with Crippen LogP contribution in [0.3, 0.4) is 0 Å². The van der Waals surface area contributed by atoms with Crippen molar-refractivity contribution in [1.82, 2.24) is 0 Å². The first-order chi connectivity index (χ1) is 12.7. The van der Waals surface area contributed by atoms with Crippen LogP contribution < -0.4 is 0 Å². The van der Waals surface area contributed by atoms with Crippen molar-refractivity contribution in [3.05, 3.63) is 70.8 Å². The van der Waals surface area contributed by atoms with E-state index in [9.17, 15) is 9.59 Å². The molecular formula is C24H26O3. The lowest BCUT2D eigenvalue weighted by molar-refractivity contribution is -0.134. The summed E-state index contributed by atoms with van der Waals surface area (Å²) in [5.41, 5.74) is 3.06. The van der Waals surface area contributed by atoms with Crippen LogP contribution >= 0.6 is 0 Å². The van der Waals surface area contributed by atoms with Gasteiger partial charge in [-0.05, 0) is 42.5 Å². The molecule has 2 rings (SSSR count). The van der Waals surface area contributed by atoms with Crippen LogP contribution in [0.4, 0.5) is 0 Å². The third-order valence-electron chi connectivity index (χ3n) is 4.80. The van der Waals surface area contributed by atoms with E-state index in [4.69, 9.17) is 0 Å². The molecule has 1 aliphatic rings. The number of ketones is 1. The predicted octanol–water partition coefficient (Wildman–Crippen LogP) is 4.65. The number of hydrogen-bond donors (Lipinski definition) is 0. The van der Waals surface area contributed by atoms with E-state index >= 15 is 0 Å². The Morgan fingerprint density at radius 1 is 1.22 bits per heavy atom. The Kier molecular flexibility index (Phi) is 6.58. The maximum atomic E-state index is 12.7. The minimum atomic E-state index is -0.378. The van der Waals surface area contributed by atoms with E-state index in [1.165, 1.54) is 13.2 Å². The molecular weight excluding hydrogens is 336 g/mol. The second-order valence-corrected chi connectivity index (χ2v) is 7.51. The Morgan fingerprint density at radius 2 is 1.89 bits per heavy atom. The van der Waals surface area contributed by atoms with Gasteiger partial charge in [-0.3, -0.25) is 4.79 Å². The molecule has 0 saturated heterocycles. The molecule has 0 amide bonds. The number of allylic oxidation sites excluding steroid dienone is 5. The van der Waals surface area contributed by atoms with E-state index in [2.05, 4.69) is 36.5 Å². The number of methoxy groups -OCH3 is 1. The normalized spacial score (nSPS) is 19.7. The monoisotopic (exact) mass is 362 g/mol. The fourth-order valence-corrected chi connectivity index (χ4v) is 3.34. The van der Waals surface area contributed by atoms with Crippen LogP contribution in [0.5, 0.6) is 0 Å². The van der Waals surface area contributed by atoms with Gasteiger partial charge < -0.3 is 4.74 Å². The first-order valence-electron chi connectivity index (χ1n) is 9.00. The number of benzene rings is 1. The van der Waals surface area contributed by atoms with Crippen molar-refractivity contribution in [2.24, 2.45) is 11.3 Å². The average Bonchev–Trinajstić information content (AvgIpc) is 2.61. The van der Waals surface area contributed by atoms with Gasteiger partial charge in [0.25, 0.3) is 0 Å². The van der Waals surface area contributed by atoms with Crippen molar-refractivity contribution in [2.75, 3.05) is 7.11 Å². The minimum Gasteiger partial charge on any atom is -0.466 e. The molecule has 0 spiro atoms. The Hall–Kier alpha value is -2.86. The van der Waals surface area contributed by atoms with Crippen LogP contribution in [0.25, 0.3) is 0 Å². The summed E-state index contributed by atoms with van der Waals surface area (Å²) >= 11 is 0. The summed E-state index contributed by atoms with van der Waals surface area (Å²) < 4.78 is 4.66. The van der Waals surface area contributed by atoms with Gasteiger partial charge in [0.1, 0.15) is 0 Å². The number of hydrogen-bond acceptors (Lipinski definition) is 3. The zero-order chi connectivity index (χ0) is 20.0. The van der Waals surface area contributed by atoms with Crippen LogP contribution in [-0.4, -0.2) is 18.9 Å². The largest absolute Gasteiger partial charge is 0.466 e. The quantitative estimate of drug-likeness (QED) is 0.340. The van der Waals surface area contributed by atoms with E-state index in [-0.39, 0.29) is 23.1 Å². The molecule has 0 radical (unpaired) electrons. The standard InChI is InChI=1S/C24H26O3/c1-17(15-23(26)27-5)11-14-21-18(2)20(22(25)16-24(21,3)4)13-12-19-9-7-6-8-10-19/h6-11,14-15,21H,16H2,1-5H3/b14-11+,17-15-. The molecule has 0 aromatic heterocycles. The van der Waals surface area contributed by atoms with Gasteiger partial charge >= 0.3 is 5.97 Å². The van der Waals surface area contributed by atoms with Gasteiger partial charge in [0.05, 0.1) is 12.7 Å². The van der Waals surface area contributed by atoms with Gasteiger partial charge in [-0.1, -0.05) is 56.0 Å². The van der Waals surface area contributed by atoms with E-state index in [0.29, 0.717) is 12.0 Å². The SMILES string of the molecule is COC(=O)/C=C(C)\C=C\C1C(C)=C(C#Cc2ccccc2)C(=O)CC1(C)C. The van der Waals surface area contributed by atoms with Gasteiger partial charge in [-0.15, -0.1) is 0 Å². The molecule has 1 aliphatic carbocycles. The molecule has 0 N–H and O–H groups in total. The second-order valence-electron chi connectivity index (χ2n) is 7.51. The maximum Gasteiger partial charge on any atom is 0.330 e. The predicted molar refractivity (Wildman–Crippen MR) is 108 cm³/mol. The zero-order valence-corrected chi connectivity index (χ0v) is 16.6. The molecule has 140 valence electrons.